The number of anilines is 1. The molecule has 0 unspecified atom stereocenters. The molecule has 0 atom stereocenters. The Kier molecular flexibility index (Phi) is 4.33. The SMILES string of the molecule is COc1ccc(NC(=O)COc2nncc3ccccc23)cc1. The van der Waals surface area contributed by atoms with Gasteiger partial charge < -0.3 is 14.8 Å². The fourth-order valence-corrected chi connectivity index (χ4v) is 2.11. The van der Waals surface area contributed by atoms with Crippen molar-refractivity contribution in [3.05, 3.63) is 54.7 Å². The Bertz CT molecular complexity index is 813. The van der Waals surface area contributed by atoms with Crippen LogP contribution in [0.2, 0.25) is 0 Å². The van der Waals surface area contributed by atoms with Crippen molar-refractivity contribution in [1.82, 2.24) is 10.2 Å². The third kappa shape index (κ3) is 3.55. The maximum atomic E-state index is 12.0. The molecule has 0 bridgehead atoms. The highest BCUT2D eigenvalue weighted by Gasteiger charge is 2.08. The summed E-state index contributed by atoms with van der Waals surface area (Å²) in [6.45, 7) is -0.144. The van der Waals surface area contributed by atoms with Crippen molar-refractivity contribution < 1.29 is 14.3 Å². The van der Waals surface area contributed by atoms with Gasteiger partial charge in [0.1, 0.15) is 5.75 Å². The van der Waals surface area contributed by atoms with E-state index in [1.165, 1.54) is 0 Å². The number of rotatable bonds is 5. The van der Waals surface area contributed by atoms with E-state index in [2.05, 4.69) is 15.5 Å². The molecule has 0 fully saturated rings. The minimum Gasteiger partial charge on any atom is -0.497 e. The first kappa shape index (κ1) is 14.8. The van der Waals surface area contributed by atoms with E-state index in [9.17, 15) is 4.79 Å². The molecule has 0 saturated carbocycles. The normalized spacial score (nSPS) is 10.3. The van der Waals surface area contributed by atoms with Gasteiger partial charge in [-0.05, 0) is 30.3 Å². The number of fused-ring (bicyclic) bond motifs is 1. The van der Waals surface area contributed by atoms with Gasteiger partial charge in [0.25, 0.3) is 5.91 Å². The van der Waals surface area contributed by atoms with Crippen molar-refractivity contribution in [2.75, 3.05) is 19.0 Å². The smallest absolute Gasteiger partial charge is 0.262 e. The molecule has 0 aliphatic carbocycles. The largest absolute Gasteiger partial charge is 0.497 e. The first-order chi connectivity index (χ1) is 11.3. The first-order valence-electron chi connectivity index (χ1n) is 7.03. The highest BCUT2D eigenvalue weighted by atomic mass is 16.5. The van der Waals surface area contributed by atoms with Gasteiger partial charge in [-0.3, -0.25) is 4.79 Å². The molecule has 116 valence electrons. The lowest BCUT2D eigenvalue weighted by molar-refractivity contribution is -0.118. The number of amides is 1. The Labute approximate surface area is 133 Å². The van der Waals surface area contributed by atoms with Gasteiger partial charge in [0.05, 0.1) is 13.3 Å². The average molecular weight is 309 g/mol. The van der Waals surface area contributed by atoms with Gasteiger partial charge in [-0.2, -0.15) is 5.10 Å². The number of nitrogens with one attached hydrogen (secondary N) is 1. The van der Waals surface area contributed by atoms with Crippen LogP contribution in [-0.4, -0.2) is 29.8 Å². The summed E-state index contributed by atoms with van der Waals surface area (Å²) in [6, 6.07) is 14.6. The lowest BCUT2D eigenvalue weighted by Crippen LogP contribution is -2.20. The van der Waals surface area contributed by atoms with Crippen LogP contribution in [0.5, 0.6) is 11.6 Å². The number of hydrogen-bond donors (Lipinski definition) is 1. The first-order valence-corrected chi connectivity index (χ1v) is 7.03. The molecule has 0 aliphatic heterocycles. The van der Waals surface area contributed by atoms with Crippen molar-refractivity contribution in [3.8, 4) is 11.6 Å². The van der Waals surface area contributed by atoms with Gasteiger partial charge in [0, 0.05) is 16.5 Å². The van der Waals surface area contributed by atoms with Crippen LogP contribution < -0.4 is 14.8 Å². The zero-order valence-corrected chi connectivity index (χ0v) is 12.5. The molecule has 2 aromatic carbocycles. The van der Waals surface area contributed by atoms with Crippen LogP contribution in [0.1, 0.15) is 0 Å². The molecule has 3 aromatic rings. The number of carbonyl (C=O) groups is 1. The second-order valence-corrected chi connectivity index (χ2v) is 4.80. The van der Waals surface area contributed by atoms with E-state index < -0.39 is 0 Å². The monoisotopic (exact) mass is 309 g/mol. The van der Waals surface area contributed by atoms with Gasteiger partial charge >= 0.3 is 0 Å². The molecule has 3 rings (SSSR count). The lowest BCUT2D eigenvalue weighted by atomic mass is 10.2. The molecule has 1 heterocycles. The Hall–Kier alpha value is -3.15. The number of carbonyl (C=O) groups excluding carboxylic acids is 1. The number of aromatic nitrogens is 2. The van der Waals surface area contributed by atoms with Crippen LogP contribution in [0.4, 0.5) is 5.69 Å². The van der Waals surface area contributed by atoms with E-state index in [1.54, 1.807) is 37.6 Å². The van der Waals surface area contributed by atoms with Gasteiger partial charge in [-0.15, -0.1) is 5.10 Å². The quantitative estimate of drug-likeness (QED) is 0.784. The maximum absolute atomic E-state index is 12.0. The summed E-state index contributed by atoms with van der Waals surface area (Å²) in [5.41, 5.74) is 0.670. The fraction of sp³-hybridized carbons (Fsp3) is 0.118. The number of hydrogen-bond acceptors (Lipinski definition) is 5. The summed E-state index contributed by atoms with van der Waals surface area (Å²) < 4.78 is 10.6. The summed E-state index contributed by atoms with van der Waals surface area (Å²) in [5, 5.41) is 12.3. The van der Waals surface area contributed by atoms with E-state index in [-0.39, 0.29) is 12.5 Å². The van der Waals surface area contributed by atoms with Gasteiger partial charge in [0.15, 0.2) is 6.61 Å². The molecule has 0 radical (unpaired) electrons. The van der Waals surface area contributed by atoms with Gasteiger partial charge in [0.2, 0.25) is 5.88 Å². The predicted molar refractivity (Wildman–Crippen MR) is 86.7 cm³/mol. The highest BCUT2D eigenvalue weighted by molar-refractivity contribution is 5.92. The highest BCUT2D eigenvalue weighted by Crippen LogP contribution is 2.21. The summed E-state index contributed by atoms with van der Waals surface area (Å²) in [6.07, 6.45) is 1.65. The molecule has 1 aromatic heterocycles. The summed E-state index contributed by atoms with van der Waals surface area (Å²) >= 11 is 0. The predicted octanol–water partition coefficient (Wildman–Crippen LogP) is 2.66. The molecule has 6 nitrogen and oxygen atoms in total. The number of ether oxygens (including phenoxy) is 2. The standard InChI is InChI=1S/C17H15N3O3/c1-22-14-8-6-13(7-9-14)19-16(21)11-23-17-15-5-3-2-4-12(15)10-18-20-17/h2-10H,11H2,1H3,(H,19,21). The third-order valence-electron chi connectivity index (χ3n) is 3.25. The van der Waals surface area contributed by atoms with Crippen LogP contribution in [0.3, 0.4) is 0 Å². The van der Waals surface area contributed by atoms with Crippen molar-refractivity contribution >= 4 is 22.4 Å². The zero-order valence-electron chi connectivity index (χ0n) is 12.5. The Morgan fingerprint density at radius 3 is 2.70 bits per heavy atom. The second kappa shape index (κ2) is 6.74. The molecule has 6 heteroatoms. The lowest BCUT2D eigenvalue weighted by Gasteiger charge is -2.08. The summed E-state index contributed by atoms with van der Waals surface area (Å²) in [4.78, 5) is 12.0. The van der Waals surface area contributed by atoms with E-state index in [0.717, 1.165) is 16.5 Å². The Morgan fingerprint density at radius 1 is 1.13 bits per heavy atom. The zero-order chi connectivity index (χ0) is 16.1. The molecule has 0 saturated heterocycles. The van der Waals surface area contributed by atoms with E-state index >= 15 is 0 Å². The van der Waals surface area contributed by atoms with Crippen LogP contribution in [0.15, 0.2) is 54.7 Å². The Morgan fingerprint density at radius 2 is 1.91 bits per heavy atom. The van der Waals surface area contributed by atoms with Crippen molar-refractivity contribution in [2.45, 2.75) is 0 Å². The van der Waals surface area contributed by atoms with Crippen LogP contribution in [0, 0.1) is 0 Å². The van der Waals surface area contributed by atoms with E-state index in [4.69, 9.17) is 9.47 Å². The summed E-state index contributed by atoms with van der Waals surface area (Å²) in [5.74, 6) is 0.795. The van der Waals surface area contributed by atoms with Crippen LogP contribution in [-0.2, 0) is 4.79 Å². The number of benzene rings is 2. The van der Waals surface area contributed by atoms with Crippen molar-refractivity contribution in [2.24, 2.45) is 0 Å². The molecular formula is C17H15N3O3. The maximum Gasteiger partial charge on any atom is 0.262 e. The van der Waals surface area contributed by atoms with Crippen molar-refractivity contribution in [1.29, 1.82) is 0 Å². The van der Waals surface area contributed by atoms with E-state index in [1.807, 2.05) is 24.3 Å². The van der Waals surface area contributed by atoms with E-state index in [0.29, 0.717) is 11.6 Å². The van der Waals surface area contributed by atoms with Crippen molar-refractivity contribution in [3.63, 3.8) is 0 Å². The molecule has 0 aliphatic rings. The Balaban J connectivity index is 1.63. The number of nitrogens with zero attached hydrogens (tertiary/aromatic N) is 2. The average Bonchev–Trinajstić information content (AvgIpc) is 2.60. The topological polar surface area (TPSA) is 73.3 Å². The van der Waals surface area contributed by atoms with Gasteiger partial charge in [-0.25, -0.2) is 0 Å². The summed E-state index contributed by atoms with van der Waals surface area (Å²) in [7, 11) is 1.59. The van der Waals surface area contributed by atoms with Gasteiger partial charge in [-0.1, -0.05) is 18.2 Å². The molecule has 1 N–H and O–H groups in total. The minimum absolute atomic E-state index is 0.144. The molecular weight excluding hydrogens is 294 g/mol. The minimum atomic E-state index is -0.273. The second-order valence-electron chi connectivity index (χ2n) is 4.80. The molecule has 1 amide bonds. The third-order valence-corrected chi connectivity index (χ3v) is 3.25. The fourth-order valence-electron chi connectivity index (χ4n) is 2.11. The van der Waals surface area contributed by atoms with Crippen LogP contribution >= 0.6 is 0 Å². The molecule has 0 spiro atoms. The molecule has 23 heavy (non-hydrogen) atoms. The number of methoxy groups -OCH3 is 1. The van der Waals surface area contributed by atoms with Crippen LogP contribution in [0.25, 0.3) is 10.8 Å².